The van der Waals surface area contributed by atoms with E-state index in [2.05, 4.69) is 6.92 Å². The van der Waals surface area contributed by atoms with E-state index in [0.717, 1.165) is 31.6 Å². The quantitative estimate of drug-likeness (QED) is 0.413. The van der Waals surface area contributed by atoms with Crippen LogP contribution in [0.5, 0.6) is 0 Å². The van der Waals surface area contributed by atoms with Gasteiger partial charge >= 0.3 is 0 Å². The SMILES string of the molecule is CCC1(CCCOC=C2CCCCC2)CS1=O. The fourth-order valence-electron chi connectivity index (χ4n) is 2.61. The first-order valence-corrected chi connectivity index (χ1v) is 8.27. The Balaban J connectivity index is 1.59. The third-order valence-electron chi connectivity index (χ3n) is 4.07. The number of allylic oxidation sites excluding steroid dienone is 1. The Morgan fingerprint density at radius 1 is 1.35 bits per heavy atom. The largest absolute Gasteiger partial charge is 0.501 e. The van der Waals surface area contributed by atoms with Gasteiger partial charge in [0.25, 0.3) is 0 Å². The Labute approximate surface area is 107 Å². The summed E-state index contributed by atoms with van der Waals surface area (Å²) in [7, 11) is -0.538. The van der Waals surface area contributed by atoms with Crippen LogP contribution in [-0.2, 0) is 15.5 Å². The molecule has 0 bridgehead atoms. The topological polar surface area (TPSA) is 26.3 Å². The van der Waals surface area contributed by atoms with Crippen molar-refractivity contribution in [2.45, 2.75) is 63.0 Å². The molecule has 17 heavy (non-hydrogen) atoms. The number of hydrogen-bond donors (Lipinski definition) is 0. The highest BCUT2D eigenvalue weighted by molar-refractivity contribution is 7.94. The fraction of sp³-hybridized carbons (Fsp3) is 0.857. The highest BCUT2D eigenvalue weighted by Gasteiger charge is 2.49. The van der Waals surface area contributed by atoms with Crippen LogP contribution in [0.2, 0.25) is 0 Å². The Morgan fingerprint density at radius 3 is 2.65 bits per heavy atom. The maximum absolute atomic E-state index is 11.4. The molecule has 0 aromatic carbocycles. The molecule has 1 saturated carbocycles. The van der Waals surface area contributed by atoms with E-state index < -0.39 is 10.8 Å². The van der Waals surface area contributed by atoms with Crippen molar-refractivity contribution < 1.29 is 8.95 Å². The van der Waals surface area contributed by atoms with Gasteiger partial charge < -0.3 is 4.74 Å². The van der Waals surface area contributed by atoms with E-state index in [1.807, 2.05) is 6.26 Å². The third kappa shape index (κ3) is 3.57. The van der Waals surface area contributed by atoms with Crippen molar-refractivity contribution >= 4 is 10.8 Å². The van der Waals surface area contributed by atoms with E-state index in [1.54, 1.807) is 0 Å². The minimum absolute atomic E-state index is 0.168. The van der Waals surface area contributed by atoms with Crippen LogP contribution in [0.4, 0.5) is 0 Å². The Hall–Kier alpha value is -0.310. The van der Waals surface area contributed by atoms with Gasteiger partial charge in [-0.2, -0.15) is 0 Å². The molecule has 2 fully saturated rings. The Morgan fingerprint density at radius 2 is 2.06 bits per heavy atom. The number of hydrogen-bond acceptors (Lipinski definition) is 2. The first kappa shape index (κ1) is 13.1. The third-order valence-corrected chi connectivity index (χ3v) is 6.14. The van der Waals surface area contributed by atoms with E-state index in [0.29, 0.717) is 0 Å². The van der Waals surface area contributed by atoms with Gasteiger partial charge in [-0.1, -0.05) is 13.3 Å². The molecule has 0 spiro atoms. The lowest BCUT2D eigenvalue weighted by molar-refractivity contribution is 0.233. The van der Waals surface area contributed by atoms with Crippen molar-refractivity contribution in [3.63, 3.8) is 0 Å². The minimum atomic E-state index is -0.538. The van der Waals surface area contributed by atoms with Crippen molar-refractivity contribution in [3.8, 4) is 0 Å². The Kier molecular flexibility index (Phi) is 4.66. The monoisotopic (exact) mass is 256 g/mol. The highest BCUT2D eigenvalue weighted by Crippen LogP contribution is 2.39. The van der Waals surface area contributed by atoms with Gasteiger partial charge in [-0.25, -0.2) is 0 Å². The molecule has 0 N–H and O–H groups in total. The van der Waals surface area contributed by atoms with Crippen LogP contribution in [0.1, 0.15) is 58.3 Å². The van der Waals surface area contributed by atoms with Gasteiger partial charge in [-0.05, 0) is 50.5 Å². The lowest BCUT2D eigenvalue weighted by Gasteiger charge is -2.13. The molecule has 0 aromatic heterocycles. The van der Waals surface area contributed by atoms with Crippen LogP contribution in [0.25, 0.3) is 0 Å². The lowest BCUT2D eigenvalue weighted by atomic mass is 9.96. The molecule has 0 amide bonds. The first-order valence-electron chi connectivity index (χ1n) is 6.95. The summed E-state index contributed by atoms with van der Waals surface area (Å²) in [6.45, 7) is 2.94. The standard InChI is InChI=1S/C14H24O2S/c1-2-14(12-17(14)15)9-6-10-16-11-13-7-4-3-5-8-13/h11H,2-10,12H2,1H3. The molecule has 3 heteroatoms. The predicted octanol–water partition coefficient (Wildman–Crippen LogP) is 3.54. The molecule has 2 rings (SSSR count). The zero-order chi connectivity index (χ0) is 12.1. The molecule has 0 radical (unpaired) electrons. The van der Waals surface area contributed by atoms with E-state index in [4.69, 9.17) is 4.74 Å². The molecule has 1 aliphatic carbocycles. The molecule has 0 aromatic rings. The summed E-state index contributed by atoms with van der Waals surface area (Å²) in [6, 6.07) is 0. The second-order valence-electron chi connectivity index (χ2n) is 5.34. The molecule has 1 heterocycles. The smallest absolute Gasteiger partial charge is 0.0873 e. The number of rotatable bonds is 6. The second kappa shape index (κ2) is 6.03. The molecular formula is C14H24O2S. The van der Waals surface area contributed by atoms with Gasteiger partial charge in [0.1, 0.15) is 0 Å². The maximum Gasteiger partial charge on any atom is 0.0873 e. The van der Waals surface area contributed by atoms with Crippen LogP contribution in [0, 0.1) is 0 Å². The molecule has 1 saturated heterocycles. The lowest BCUT2D eigenvalue weighted by Crippen LogP contribution is -2.10. The average molecular weight is 256 g/mol. The van der Waals surface area contributed by atoms with Crippen LogP contribution in [0.3, 0.4) is 0 Å². The van der Waals surface area contributed by atoms with E-state index in [1.165, 1.54) is 37.7 Å². The molecule has 2 unspecified atom stereocenters. The highest BCUT2D eigenvalue weighted by atomic mass is 32.2. The normalized spacial score (nSPS) is 32.3. The van der Waals surface area contributed by atoms with Crippen molar-refractivity contribution in [2.24, 2.45) is 0 Å². The van der Waals surface area contributed by atoms with E-state index >= 15 is 0 Å². The first-order chi connectivity index (χ1) is 8.27. The van der Waals surface area contributed by atoms with Gasteiger partial charge in [-0.15, -0.1) is 0 Å². The second-order valence-corrected chi connectivity index (χ2v) is 7.18. The number of ether oxygens (including phenoxy) is 1. The summed E-state index contributed by atoms with van der Waals surface area (Å²) in [4.78, 5) is 0. The van der Waals surface area contributed by atoms with Crippen molar-refractivity contribution in [3.05, 3.63) is 11.8 Å². The summed E-state index contributed by atoms with van der Waals surface area (Å²) in [5, 5.41) is 0. The van der Waals surface area contributed by atoms with Gasteiger partial charge in [0.05, 0.1) is 17.6 Å². The summed E-state index contributed by atoms with van der Waals surface area (Å²) < 4.78 is 17.2. The van der Waals surface area contributed by atoms with Gasteiger partial charge in [0, 0.05) is 16.6 Å². The fourth-order valence-corrected chi connectivity index (χ4v) is 4.22. The zero-order valence-electron chi connectivity index (χ0n) is 10.9. The molecule has 2 aliphatic rings. The van der Waals surface area contributed by atoms with Crippen molar-refractivity contribution in [1.29, 1.82) is 0 Å². The average Bonchev–Trinajstić information content (AvgIpc) is 3.01. The summed E-state index contributed by atoms with van der Waals surface area (Å²) in [6.07, 6.45) is 11.6. The maximum atomic E-state index is 11.4. The van der Waals surface area contributed by atoms with Crippen LogP contribution >= 0.6 is 0 Å². The van der Waals surface area contributed by atoms with E-state index in [-0.39, 0.29) is 4.75 Å². The molecule has 2 atom stereocenters. The Bertz CT molecular complexity index is 303. The molecule has 2 nitrogen and oxygen atoms in total. The van der Waals surface area contributed by atoms with Crippen LogP contribution in [-0.4, -0.2) is 21.3 Å². The van der Waals surface area contributed by atoms with Crippen molar-refractivity contribution in [1.82, 2.24) is 0 Å². The zero-order valence-corrected chi connectivity index (χ0v) is 11.7. The minimum Gasteiger partial charge on any atom is -0.501 e. The molecule has 98 valence electrons. The van der Waals surface area contributed by atoms with Crippen molar-refractivity contribution in [2.75, 3.05) is 12.4 Å². The molecule has 1 aliphatic heterocycles. The summed E-state index contributed by atoms with van der Waals surface area (Å²) >= 11 is 0. The predicted molar refractivity (Wildman–Crippen MR) is 72.4 cm³/mol. The summed E-state index contributed by atoms with van der Waals surface area (Å²) in [5.74, 6) is 0.921. The van der Waals surface area contributed by atoms with Crippen LogP contribution < -0.4 is 0 Å². The van der Waals surface area contributed by atoms with Gasteiger partial charge in [0.15, 0.2) is 0 Å². The van der Waals surface area contributed by atoms with Gasteiger partial charge in [-0.3, -0.25) is 4.21 Å². The van der Waals surface area contributed by atoms with E-state index in [9.17, 15) is 4.21 Å². The molecular weight excluding hydrogens is 232 g/mol. The van der Waals surface area contributed by atoms with Gasteiger partial charge in [0.2, 0.25) is 0 Å². The summed E-state index contributed by atoms with van der Waals surface area (Å²) in [5.41, 5.74) is 1.48. The van der Waals surface area contributed by atoms with Crippen LogP contribution in [0.15, 0.2) is 11.8 Å².